The minimum Gasteiger partial charge on any atom is -0.334 e. The molecule has 2 heterocycles. The number of piperidine rings is 1. The Kier molecular flexibility index (Phi) is 7.47. The van der Waals surface area contributed by atoms with Gasteiger partial charge in [-0.2, -0.15) is 0 Å². The first kappa shape index (κ1) is 22.2. The zero-order chi connectivity index (χ0) is 18.1. The number of hydrogen-bond donors (Lipinski definition) is 1. The number of imidazole rings is 1. The molecule has 2 N–H and O–H groups in total. The van der Waals surface area contributed by atoms with E-state index in [-0.39, 0.29) is 36.8 Å². The lowest BCUT2D eigenvalue weighted by molar-refractivity contribution is 0.0573. The summed E-state index contributed by atoms with van der Waals surface area (Å²) >= 11 is 0. The molecule has 0 bridgehead atoms. The molecule has 2 aromatic carbocycles. The fraction of sp³-hybridized carbons (Fsp3) is 0.333. The van der Waals surface area contributed by atoms with Gasteiger partial charge in [0.15, 0.2) is 0 Å². The molecule has 1 aliphatic heterocycles. The summed E-state index contributed by atoms with van der Waals surface area (Å²) in [7, 11) is 0. The number of benzene rings is 2. The highest BCUT2D eigenvalue weighted by Gasteiger charge is 2.29. The third-order valence-corrected chi connectivity index (χ3v) is 5.36. The molecule has 1 aliphatic rings. The minimum absolute atomic E-state index is 0. The Balaban J connectivity index is 0.00000140. The van der Waals surface area contributed by atoms with Crippen LogP contribution < -0.4 is 5.73 Å². The lowest BCUT2D eigenvalue weighted by Crippen LogP contribution is -2.49. The van der Waals surface area contributed by atoms with Crippen molar-refractivity contribution in [3.05, 3.63) is 60.4 Å². The number of carbonyl (C=O) groups excluding carboxylic acids is 1. The summed E-state index contributed by atoms with van der Waals surface area (Å²) in [5.74, 6) is 0.707. The van der Waals surface area contributed by atoms with Crippen molar-refractivity contribution in [2.75, 3.05) is 13.1 Å². The van der Waals surface area contributed by atoms with E-state index in [0.29, 0.717) is 18.0 Å². The van der Waals surface area contributed by atoms with Crippen molar-refractivity contribution in [3.8, 4) is 5.69 Å². The molecular weight excluding hydrogens is 395 g/mol. The van der Waals surface area contributed by atoms with Gasteiger partial charge in [0.2, 0.25) is 0 Å². The molecule has 150 valence electrons. The molecule has 3 aromatic rings. The van der Waals surface area contributed by atoms with E-state index in [4.69, 9.17) is 5.73 Å². The predicted octanol–water partition coefficient (Wildman–Crippen LogP) is 4.07. The van der Waals surface area contributed by atoms with Gasteiger partial charge in [-0.25, -0.2) is 4.98 Å². The molecule has 2 atom stereocenters. The van der Waals surface area contributed by atoms with Crippen LogP contribution in [0.1, 0.15) is 30.1 Å². The van der Waals surface area contributed by atoms with Crippen LogP contribution in [0.5, 0.6) is 0 Å². The van der Waals surface area contributed by atoms with Gasteiger partial charge in [0.25, 0.3) is 5.91 Å². The van der Waals surface area contributed by atoms with E-state index in [1.165, 1.54) is 0 Å². The van der Waals surface area contributed by atoms with Crippen LogP contribution in [0.2, 0.25) is 0 Å². The topological polar surface area (TPSA) is 64.2 Å². The number of nitrogens with two attached hydrogens (primary N) is 1. The Labute approximate surface area is 177 Å². The van der Waals surface area contributed by atoms with E-state index in [0.717, 1.165) is 36.1 Å². The second-order valence-corrected chi connectivity index (χ2v) is 7.17. The number of fused-ring (bicyclic) bond motifs is 1. The number of para-hydroxylation sites is 2. The highest BCUT2D eigenvalue weighted by Crippen LogP contribution is 2.24. The van der Waals surface area contributed by atoms with E-state index in [2.05, 4.69) is 11.9 Å². The maximum absolute atomic E-state index is 12.9. The molecule has 4 rings (SSSR count). The first-order valence-electron chi connectivity index (χ1n) is 9.21. The maximum atomic E-state index is 12.9. The van der Waals surface area contributed by atoms with Crippen molar-refractivity contribution >= 4 is 41.8 Å². The third kappa shape index (κ3) is 4.17. The summed E-state index contributed by atoms with van der Waals surface area (Å²) in [6, 6.07) is 15.9. The van der Waals surface area contributed by atoms with E-state index in [9.17, 15) is 4.79 Å². The van der Waals surface area contributed by atoms with Crippen LogP contribution in [0.15, 0.2) is 54.9 Å². The summed E-state index contributed by atoms with van der Waals surface area (Å²) in [5.41, 5.74) is 9.64. The normalized spacial score (nSPS) is 19.0. The van der Waals surface area contributed by atoms with Gasteiger partial charge in [0, 0.05) is 30.4 Å². The van der Waals surface area contributed by atoms with Crippen molar-refractivity contribution in [2.45, 2.75) is 25.8 Å². The minimum atomic E-state index is 0. The van der Waals surface area contributed by atoms with E-state index in [1.54, 1.807) is 0 Å². The number of aromatic nitrogens is 2. The van der Waals surface area contributed by atoms with E-state index < -0.39 is 0 Å². The van der Waals surface area contributed by atoms with Crippen LogP contribution in [0.4, 0.5) is 0 Å². The third-order valence-electron chi connectivity index (χ3n) is 5.36. The monoisotopic (exact) mass is 420 g/mol. The quantitative estimate of drug-likeness (QED) is 0.694. The van der Waals surface area contributed by atoms with Crippen LogP contribution in [0.3, 0.4) is 0 Å². The molecule has 1 fully saturated rings. The van der Waals surface area contributed by atoms with Gasteiger partial charge in [-0.1, -0.05) is 19.1 Å². The van der Waals surface area contributed by atoms with Crippen molar-refractivity contribution in [3.63, 3.8) is 0 Å². The Hall–Kier alpha value is -2.08. The number of carbonyl (C=O) groups is 1. The van der Waals surface area contributed by atoms with E-state index in [1.807, 2.05) is 64.3 Å². The number of nitrogens with zero attached hydrogens (tertiary/aromatic N) is 3. The van der Waals surface area contributed by atoms with Crippen LogP contribution >= 0.6 is 24.8 Å². The number of likely N-dealkylation sites (tertiary alicyclic amines) is 1. The Morgan fingerprint density at radius 2 is 1.86 bits per heavy atom. The highest BCUT2D eigenvalue weighted by atomic mass is 35.5. The molecule has 0 spiro atoms. The molecule has 2 unspecified atom stereocenters. The molecular formula is C21H26Cl2N4O. The summed E-state index contributed by atoms with van der Waals surface area (Å²) in [5, 5.41) is 0. The van der Waals surface area contributed by atoms with Crippen molar-refractivity contribution in [1.29, 1.82) is 0 Å². The number of amides is 1. The van der Waals surface area contributed by atoms with Gasteiger partial charge in [0.1, 0.15) is 6.33 Å². The average molecular weight is 421 g/mol. The Morgan fingerprint density at radius 3 is 2.57 bits per heavy atom. The van der Waals surface area contributed by atoms with Gasteiger partial charge < -0.3 is 10.6 Å². The van der Waals surface area contributed by atoms with Crippen LogP contribution in [-0.4, -0.2) is 39.5 Å². The predicted molar refractivity (Wildman–Crippen MR) is 118 cm³/mol. The highest BCUT2D eigenvalue weighted by molar-refractivity contribution is 5.94. The maximum Gasteiger partial charge on any atom is 0.254 e. The Morgan fingerprint density at radius 1 is 1.14 bits per heavy atom. The van der Waals surface area contributed by atoms with Crippen LogP contribution in [0, 0.1) is 5.92 Å². The van der Waals surface area contributed by atoms with Gasteiger partial charge in [-0.05, 0) is 55.2 Å². The van der Waals surface area contributed by atoms with E-state index >= 15 is 0 Å². The van der Waals surface area contributed by atoms with Crippen LogP contribution in [-0.2, 0) is 0 Å². The molecule has 5 nitrogen and oxygen atoms in total. The number of hydrogen-bond acceptors (Lipinski definition) is 3. The summed E-state index contributed by atoms with van der Waals surface area (Å²) in [6.45, 7) is 3.54. The molecule has 7 heteroatoms. The van der Waals surface area contributed by atoms with Crippen molar-refractivity contribution < 1.29 is 4.79 Å². The first-order valence-corrected chi connectivity index (χ1v) is 9.21. The fourth-order valence-corrected chi connectivity index (χ4v) is 3.84. The van der Waals surface area contributed by atoms with Crippen molar-refractivity contribution in [1.82, 2.24) is 14.5 Å². The molecule has 0 radical (unpaired) electrons. The summed E-state index contributed by atoms with van der Waals surface area (Å²) < 4.78 is 2.04. The standard InChI is InChI=1S/C21H24N4O.2ClH/c1-15-10-11-24(18(12-15)13-22)21(26)16-6-8-17(9-7-16)25-14-23-19-4-2-3-5-20(19)25;;/h2-9,14-15,18H,10-13,22H2,1H3;2*1H. The SMILES string of the molecule is CC1CCN(C(=O)c2ccc(-n3cnc4ccccc43)cc2)C(CN)C1.Cl.Cl. The smallest absolute Gasteiger partial charge is 0.254 e. The largest absolute Gasteiger partial charge is 0.334 e. The molecule has 0 saturated carbocycles. The second-order valence-electron chi connectivity index (χ2n) is 7.17. The van der Waals surface area contributed by atoms with Gasteiger partial charge in [-0.15, -0.1) is 24.8 Å². The summed E-state index contributed by atoms with van der Waals surface area (Å²) in [6.07, 6.45) is 3.85. The molecule has 1 aromatic heterocycles. The zero-order valence-corrected chi connectivity index (χ0v) is 17.5. The van der Waals surface area contributed by atoms with Crippen molar-refractivity contribution in [2.24, 2.45) is 11.7 Å². The summed E-state index contributed by atoms with van der Waals surface area (Å²) in [4.78, 5) is 19.3. The molecule has 0 aliphatic carbocycles. The Bertz CT molecular complexity index is 926. The number of rotatable bonds is 3. The van der Waals surface area contributed by atoms with Gasteiger partial charge in [-0.3, -0.25) is 9.36 Å². The molecule has 28 heavy (non-hydrogen) atoms. The molecule has 1 amide bonds. The van der Waals surface area contributed by atoms with Gasteiger partial charge in [0.05, 0.1) is 11.0 Å². The second kappa shape index (κ2) is 9.41. The van der Waals surface area contributed by atoms with Crippen LogP contribution in [0.25, 0.3) is 16.7 Å². The fourth-order valence-electron chi connectivity index (χ4n) is 3.84. The average Bonchev–Trinajstić information content (AvgIpc) is 3.11. The zero-order valence-electron chi connectivity index (χ0n) is 15.8. The van der Waals surface area contributed by atoms with Gasteiger partial charge >= 0.3 is 0 Å². The first-order chi connectivity index (χ1) is 12.7. The molecule has 1 saturated heterocycles. The number of halogens is 2. The lowest BCUT2D eigenvalue weighted by Gasteiger charge is -2.38. The lowest BCUT2D eigenvalue weighted by atomic mass is 9.92.